The number of aromatic nitrogens is 3. The first-order valence-corrected chi connectivity index (χ1v) is 11.3. The summed E-state index contributed by atoms with van der Waals surface area (Å²) in [5.74, 6) is 0.387. The Kier molecular flexibility index (Phi) is 8.52. The van der Waals surface area contributed by atoms with Crippen molar-refractivity contribution < 1.29 is 9.72 Å². The van der Waals surface area contributed by atoms with Gasteiger partial charge < -0.3 is 9.88 Å². The van der Waals surface area contributed by atoms with Crippen molar-refractivity contribution in [3.8, 4) is 0 Å². The Bertz CT molecular complexity index is 1190. The number of nitrogens with one attached hydrogen (secondary N) is 2. The summed E-state index contributed by atoms with van der Waals surface area (Å²) in [5, 5.41) is 26.7. The molecule has 3 rings (SSSR count). The molecule has 2 aromatic carbocycles. The molecule has 1 aromatic heterocycles. The molecule has 1 amide bonds. The number of nitrogens with zero attached hydrogens (tertiary/aromatic N) is 5. The fraction of sp³-hybridized carbons (Fsp3) is 0.217. The van der Waals surface area contributed by atoms with E-state index in [1.54, 1.807) is 25.1 Å². The van der Waals surface area contributed by atoms with Crippen molar-refractivity contribution in [2.24, 2.45) is 5.10 Å². The zero-order valence-electron chi connectivity index (χ0n) is 18.8. The number of carbonyl (C=O) groups is 1. The summed E-state index contributed by atoms with van der Waals surface area (Å²) in [7, 11) is 0. The molecule has 11 heteroatoms. The lowest BCUT2D eigenvalue weighted by molar-refractivity contribution is -0.384. The molecule has 0 unspecified atom stereocenters. The number of hydrazone groups is 1. The number of hydrogen-bond acceptors (Lipinski definition) is 8. The molecule has 1 heterocycles. The van der Waals surface area contributed by atoms with Gasteiger partial charge in [-0.3, -0.25) is 14.9 Å². The molecular weight excluding hydrogens is 454 g/mol. The first-order valence-electron chi connectivity index (χ1n) is 10.4. The van der Waals surface area contributed by atoms with Crippen LogP contribution in [0.4, 0.5) is 11.4 Å². The van der Waals surface area contributed by atoms with Crippen molar-refractivity contribution in [1.82, 2.24) is 20.2 Å². The largest absolute Gasteiger partial charge is 0.378 e. The SMILES string of the molecule is C=CCn1c(CNc2ccc(C)cc2)nnc1S[C@H](C)C(=O)NN=Cc1cccc([N+](=O)[O-])c1. The summed E-state index contributed by atoms with van der Waals surface area (Å²) in [6.45, 7) is 8.54. The fourth-order valence-electron chi connectivity index (χ4n) is 2.89. The molecule has 0 spiro atoms. The molecule has 0 fully saturated rings. The number of nitro groups is 1. The summed E-state index contributed by atoms with van der Waals surface area (Å²) in [5.41, 5.74) is 5.07. The quantitative estimate of drug-likeness (QED) is 0.140. The standard InChI is InChI=1S/C23H25N7O3S/c1-4-12-29-21(15-24-19-10-8-16(2)9-11-19)26-28-23(29)34-17(3)22(31)27-25-14-18-6-5-7-20(13-18)30(32)33/h4-11,13-14,17,24H,1,12,15H2,2-3H3,(H,27,31)/t17-/m1/s1. The molecule has 0 aliphatic rings. The van der Waals surface area contributed by atoms with Crippen LogP contribution in [0.5, 0.6) is 0 Å². The van der Waals surface area contributed by atoms with Crippen LogP contribution in [-0.2, 0) is 17.9 Å². The van der Waals surface area contributed by atoms with Crippen molar-refractivity contribution in [1.29, 1.82) is 0 Å². The van der Waals surface area contributed by atoms with Crippen molar-refractivity contribution >= 4 is 35.3 Å². The van der Waals surface area contributed by atoms with Crippen LogP contribution in [0.3, 0.4) is 0 Å². The van der Waals surface area contributed by atoms with Crippen LogP contribution in [0.25, 0.3) is 0 Å². The zero-order valence-corrected chi connectivity index (χ0v) is 19.7. The van der Waals surface area contributed by atoms with E-state index >= 15 is 0 Å². The van der Waals surface area contributed by atoms with Gasteiger partial charge in [0.15, 0.2) is 11.0 Å². The number of rotatable bonds is 11. The van der Waals surface area contributed by atoms with Crippen LogP contribution in [0.1, 0.15) is 23.9 Å². The highest BCUT2D eigenvalue weighted by molar-refractivity contribution is 8.00. The molecule has 0 saturated heterocycles. The molecule has 0 radical (unpaired) electrons. The van der Waals surface area contributed by atoms with E-state index in [1.807, 2.05) is 35.8 Å². The van der Waals surface area contributed by atoms with E-state index in [4.69, 9.17) is 0 Å². The highest BCUT2D eigenvalue weighted by Gasteiger charge is 2.19. The molecule has 0 aliphatic carbocycles. The lowest BCUT2D eigenvalue weighted by Crippen LogP contribution is -2.27. The van der Waals surface area contributed by atoms with Gasteiger partial charge in [-0.15, -0.1) is 16.8 Å². The van der Waals surface area contributed by atoms with Crippen LogP contribution < -0.4 is 10.7 Å². The number of thioether (sulfide) groups is 1. The van der Waals surface area contributed by atoms with Crippen LogP contribution in [0.2, 0.25) is 0 Å². The van der Waals surface area contributed by atoms with Gasteiger partial charge in [0.1, 0.15) is 0 Å². The molecule has 3 aromatic rings. The summed E-state index contributed by atoms with van der Waals surface area (Å²) in [6, 6.07) is 14.0. The number of non-ortho nitro benzene ring substituents is 1. The Labute approximate surface area is 201 Å². The molecule has 0 aliphatic heterocycles. The molecule has 1 atom stereocenters. The van der Waals surface area contributed by atoms with Crippen molar-refractivity contribution in [2.75, 3.05) is 5.32 Å². The van der Waals surface area contributed by atoms with Crippen molar-refractivity contribution in [2.45, 2.75) is 37.3 Å². The molecule has 2 N–H and O–H groups in total. The third kappa shape index (κ3) is 6.75. The third-order valence-electron chi connectivity index (χ3n) is 4.73. The molecular formula is C23H25N7O3S. The summed E-state index contributed by atoms with van der Waals surface area (Å²) in [4.78, 5) is 22.9. The molecule has 0 bridgehead atoms. The summed E-state index contributed by atoms with van der Waals surface area (Å²) in [6.07, 6.45) is 3.11. The number of anilines is 1. The van der Waals surface area contributed by atoms with Gasteiger partial charge >= 0.3 is 0 Å². The van der Waals surface area contributed by atoms with Gasteiger partial charge in [0, 0.05) is 29.9 Å². The van der Waals surface area contributed by atoms with E-state index in [9.17, 15) is 14.9 Å². The maximum absolute atomic E-state index is 12.5. The van der Waals surface area contributed by atoms with E-state index in [2.05, 4.69) is 32.6 Å². The predicted molar refractivity (Wildman–Crippen MR) is 133 cm³/mol. The Morgan fingerprint density at radius 3 is 2.76 bits per heavy atom. The monoisotopic (exact) mass is 479 g/mol. The lowest BCUT2D eigenvalue weighted by atomic mass is 10.2. The molecule has 34 heavy (non-hydrogen) atoms. The van der Waals surface area contributed by atoms with Crippen molar-refractivity contribution in [3.63, 3.8) is 0 Å². The van der Waals surface area contributed by atoms with Gasteiger partial charge in [-0.1, -0.05) is 47.7 Å². The van der Waals surface area contributed by atoms with Crippen LogP contribution >= 0.6 is 11.8 Å². The number of benzene rings is 2. The number of aryl methyl sites for hydroxylation is 1. The smallest absolute Gasteiger partial charge is 0.270 e. The minimum Gasteiger partial charge on any atom is -0.378 e. The van der Waals surface area contributed by atoms with E-state index < -0.39 is 10.2 Å². The van der Waals surface area contributed by atoms with E-state index in [0.29, 0.717) is 23.8 Å². The van der Waals surface area contributed by atoms with Gasteiger partial charge in [-0.2, -0.15) is 5.10 Å². The van der Waals surface area contributed by atoms with Crippen LogP contribution in [-0.4, -0.2) is 37.1 Å². The van der Waals surface area contributed by atoms with Gasteiger partial charge in [0.2, 0.25) is 0 Å². The van der Waals surface area contributed by atoms with E-state index in [-0.39, 0.29) is 11.6 Å². The molecule has 10 nitrogen and oxygen atoms in total. The minimum atomic E-state index is -0.507. The third-order valence-corrected chi connectivity index (χ3v) is 5.81. The maximum atomic E-state index is 12.5. The average molecular weight is 480 g/mol. The Hall–Kier alpha value is -3.99. The van der Waals surface area contributed by atoms with Gasteiger partial charge in [-0.05, 0) is 26.0 Å². The average Bonchev–Trinajstić information content (AvgIpc) is 3.20. The number of hydrogen-bond donors (Lipinski definition) is 2. The normalized spacial score (nSPS) is 11.8. The minimum absolute atomic E-state index is 0.0478. The van der Waals surface area contributed by atoms with Gasteiger partial charge in [0.05, 0.1) is 22.9 Å². The first-order chi connectivity index (χ1) is 16.4. The summed E-state index contributed by atoms with van der Waals surface area (Å²) < 4.78 is 1.90. The van der Waals surface area contributed by atoms with Gasteiger partial charge in [0.25, 0.3) is 11.6 Å². The maximum Gasteiger partial charge on any atom is 0.270 e. The van der Waals surface area contributed by atoms with Crippen LogP contribution in [0, 0.1) is 17.0 Å². The lowest BCUT2D eigenvalue weighted by Gasteiger charge is -2.12. The fourth-order valence-corrected chi connectivity index (χ4v) is 3.76. The Morgan fingerprint density at radius 2 is 2.06 bits per heavy atom. The van der Waals surface area contributed by atoms with E-state index in [0.717, 1.165) is 11.5 Å². The number of carbonyl (C=O) groups excluding carboxylic acids is 1. The van der Waals surface area contributed by atoms with Gasteiger partial charge in [-0.25, -0.2) is 5.43 Å². The second kappa shape index (κ2) is 11.8. The van der Waals surface area contributed by atoms with Crippen molar-refractivity contribution in [3.05, 3.63) is 88.3 Å². The molecule has 176 valence electrons. The second-order valence-electron chi connectivity index (χ2n) is 7.36. The summed E-state index contributed by atoms with van der Waals surface area (Å²) >= 11 is 1.25. The highest BCUT2D eigenvalue weighted by Crippen LogP contribution is 2.23. The predicted octanol–water partition coefficient (Wildman–Crippen LogP) is 3.92. The van der Waals surface area contributed by atoms with E-state index in [1.165, 1.54) is 35.7 Å². The topological polar surface area (TPSA) is 127 Å². The number of amides is 1. The number of allylic oxidation sites excluding steroid dienone is 1. The Balaban J connectivity index is 1.60. The van der Waals surface area contributed by atoms with Crippen LogP contribution in [0.15, 0.2) is 71.4 Å². The highest BCUT2D eigenvalue weighted by atomic mass is 32.2. The second-order valence-corrected chi connectivity index (χ2v) is 8.67. The Morgan fingerprint density at radius 1 is 1.29 bits per heavy atom. The zero-order chi connectivity index (χ0) is 24.5. The first kappa shape index (κ1) is 24.6. The number of nitro benzene ring substituents is 1. The molecule has 0 saturated carbocycles.